The molecular formula is C18H24N2O4S3. The maximum absolute atomic E-state index is 12.9. The van der Waals surface area contributed by atoms with Crippen LogP contribution in [0.2, 0.25) is 0 Å². The van der Waals surface area contributed by atoms with Gasteiger partial charge >= 0.3 is 0 Å². The molecule has 0 aliphatic heterocycles. The maximum atomic E-state index is 12.9. The average molecular weight is 429 g/mol. The molecule has 0 aliphatic carbocycles. The Bertz CT molecular complexity index is 889. The third-order valence-electron chi connectivity index (χ3n) is 3.87. The van der Waals surface area contributed by atoms with E-state index in [0.29, 0.717) is 12.1 Å². The van der Waals surface area contributed by atoms with Crippen molar-refractivity contribution in [3.05, 3.63) is 59.7 Å². The van der Waals surface area contributed by atoms with Crippen LogP contribution in [0.15, 0.2) is 58.3 Å². The van der Waals surface area contributed by atoms with Crippen molar-refractivity contribution in [2.24, 2.45) is 0 Å². The Morgan fingerprint density at radius 2 is 0.963 bits per heavy atom. The lowest BCUT2D eigenvalue weighted by Crippen LogP contribution is -2.33. The molecule has 0 atom stereocenters. The highest BCUT2D eigenvalue weighted by Crippen LogP contribution is 2.30. The molecule has 0 spiro atoms. The summed E-state index contributed by atoms with van der Waals surface area (Å²) in [5.74, 6) is 0. The van der Waals surface area contributed by atoms with Crippen molar-refractivity contribution in [1.29, 1.82) is 0 Å². The zero-order valence-electron chi connectivity index (χ0n) is 15.8. The van der Waals surface area contributed by atoms with Crippen molar-refractivity contribution >= 4 is 32.2 Å². The summed E-state index contributed by atoms with van der Waals surface area (Å²) in [6, 6.07) is 13.0. The van der Waals surface area contributed by atoms with E-state index < -0.39 is 20.0 Å². The Kier molecular flexibility index (Phi) is 7.09. The van der Waals surface area contributed by atoms with Gasteiger partial charge in [0.1, 0.15) is 0 Å². The molecule has 2 aromatic carbocycles. The molecule has 6 nitrogen and oxygen atoms in total. The van der Waals surface area contributed by atoms with E-state index in [9.17, 15) is 16.8 Å². The first-order chi connectivity index (χ1) is 12.6. The van der Waals surface area contributed by atoms with Gasteiger partial charge in [0, 0.05) is 25.2 Å². The lowest BCUT2D eigenvalue weighted by molar-refractivity contribution is 0.530. The van der Waals surface area contributed by atoms with Gasteiger partial charge in [-0.05, 0) is 38.1 Å². The van der Waals surface area contributed by atoms with Gasteiger partial charge in [-0.25, -0.2) is 16.8 Å². The van der Waals surface area contributed by atoms with Crippen LogP contribution in [-0.2, 0) is 20.0 Å². The first-order valence-electron chi connectivity index (χ1n) is 8.49. The monoisotopic (exact) mass is 428 g/mol. The fourth-order valence-corrected chi connectivity index (χ4v) is 6.67. The van der Waals surface area contributed by atoms with E-state index in [0.717, 1.165) is 18.5 Å². The largest absolute Gasteiger partial charge is 0.253 e. The van der Waals surface area contributed by atoms with E-state index in [1.807, 2.05) is 13.8 Å². The Morgan fingerprint density at radius 1 is 0.667 bits per heavy atom. The van der Waals surface area contributed by atoms with E-state index in [1.165, 1.54) is 24.3 Å². The molecule has 0 saturated carbocycles. The number of benzene rings is 2. The lowest BCUT2D eigenvalue weighted by atomic mass is 10.2. The topological polar surface area (TPSA) is 74.8 Å². The predicted octanol–water partition coefficient (Wildman–Crippen LogP) is 3.59. The molecule has 0 radical (unpaired) electrons. The number of rotatable bonds is 8. The predicted molar refractivity (Wildman–Crippen MR) is 109 cm³/mol. The summed E-state index contributed by atoms with van der Waals surface area (Å²) < 4.78 is 53.9. The van der Waals surface area contributed by atoms with E-state index >= 15 is 0 Å². The fourth-order valence-electron chi connectivity index (χ4n) is 2.30. The smallest absolute Gasteiger partial charge is 0.206 e. The van der Waals surface area contributed by atoms with Crippen LogP contribution in [0, 0.1) is 13.8 Å². The Morgan fingerprint density at radius 3 is 1.22 bits per heavy atom. The van der Waals surface area contributed by atoms with Gasteiger partial charge in [-0.3, -0.25) is 0 Å². The molecule has 0 aromatic heterocycles. The van der Waals surface area contributed by atoms with Crippen LogP contribution < -0.4 is 0 Å². The van der Waals surface area contributed by atoms with Crippen LogP contribution in [0.4, 0.5) is 0 Å². The zero-order chi connectivity index (χ0) is 20.2. The van der Waals surface area contributed by atoms with Gasteiger partial charge in [0.2, 0.25) is 0 Å². The van der Waals surface area contributed by atoms with Gasteiger partial charge in [0.05, 0.1) is 9.79 Å². The number of nitrogens with zero attached hydrogens (tertiary/aromatic N) is 2. The van der Waals surface area contributed by atoms with Crippen molar-refractivity contribution < 1.29 is 16.8 Å². The normalized spacial score (nSPS) is 12.7. The molecule has 2 rings (SSSR count). The summed E-state index contributed by atoms with van der Waals surface area (Å²) in [6.45, 7) is 7.34. The quantitative estimate of drug-likeness (QED) is 0.601. The van der Waals surface area contributed by atoms with Crippen LogP contribution >= 0.6 is 12.1 Å². The molecule has 2 aromatic rings. The molecule has 0 bridgehead atoms. The number of hydrogen-bond acceptors (Lipinski definition) is 5. The molecule has 0 amide bonds. The van der Waals surface area contributed by atoms with Gasteiger partial charge in [0.15, 0.2) is 0 Å². The zero-order valence-corrected chi connectivity index (χ0v) is 18.2. The number of hydrogen-bond donors (Lipinski definition) is 0. The first kappa shape index (κ1) is 21.9. The van der Waals surface area contributed by atoms with Crippen molar-refractivity contribution in [3.8, 4) is 0 Å². The second kappa shape index (κ2) is 8.74. The van der Waals surface area contributed by atoms with E-state index in [-0.39, 0.29) is 22.9 Å². The van der Waals surface area contributed by atoms with Gasteiger partial charge < -0.3 is 0 Å². The second-order valence-electron chi connectivity index (χ2n) is 5.96. The van der Waals surface area contributed by atoms with Crippen LogP contribution in [-0.4, -0.2) is 37.3 Å². The van der Waals surface area contributed by atoms with E-state index in [4.69, 9.17) is 0 Å². The van der Waals surface area contributed by atoms with Crippen LogP contribution in [0.25, 0.3) is 0 Å². The second-order valence-corrected chi connectivity index (χ2v) is 11.2. The summed E-state index contributed by atoms with van der Waals surface area (Å²) >= 11 is 0.693. The number of aryl methyl sites for hydroxylation is 2. The molecule has 0 saturated heterocycles. The Labute approximate surface area is 166 Å². The maximum Gasteiger partial charge on any atom is 0.253 e. The lowest BCUT2D eigenvalue weighted by Gasteiger charge is -2.26. The summed E-state index contributed by atoms with van der Waals surface area (Å²) in [6.07, 6.45) is 0. The average Bonchev–Trinajstić information content (AvgIpc) is 2.63. The molecule has 148 valence electrons. The van der Waals surface area contributed by atoms with Crippen LogP contribution in [0.3, 0.4) is 0 Å². The highest BCUT2D eigenvalue weighted by atomic mass is 32.3. The summed E-state index contributed by atoms with van der Waals surface area (Å²) in [5.41, 5.74) is 1.89. The van der Waals surface area contributed by atoms with Crippen LogP contribution in [0.1, 0.15) is 25.0 Å². The summed E-state index contributed by atoms with van der Waals surface area (Å²) in [7, 11) is -7.66. The molecule has 0 fully saturated rings. The molecule has 0 N–H and O–H groups in total. The highest BCUT2D eigenvalue weighted by Gasteiger charge is 2.31. The molecule has 0 aliphatic rings. The third-order valence-corrected chi connectivity index (χ3v) is 9.66. The molecule has 9 heteroatoms. The van der Waals surface area contributed by atoms with Gasteiger partial charge in [0.25, 0.3) is 20.0 Å². The Balaban J connectivity index is 2.34. The minimum atomic E-state index is -3.83. The van der Waals surface area contributed by atoms with Gasteiger partial charge in [-0.1, -0.05) is 49.2 Å². The van der Waals surface area contributed by atoms with Gasteiger partial charge in [-0.15, -0.1) is 7.42 Å². The molecular weight excluding hydrogens is 404 g/mol. The van der Waals surface area contributed by atoms with Crippen molar-refractivity contribution in [2.75, 3.05) is 13.1 Å². The van der Waals surface area contributed by atoms with Crippen molar-refractivity contribution in [1.82, 2.24) is 7.42 Å². The number of sulfonamides is 2. The fraction of sp³-hybridized carbons (Fsp3) is 0.333. The molecule has 27 heavy (non-hydrogen) atoms. The Hall–Kier alpha value is -1.39. The molecule has 0 unspecified atom stereocenters. The SMILES string of the molecule is CCN(SN(CC)S(=O)(=O)c1ccc(C)cc1)S(=O)(=O)c1ccc(C)cc1. The van der Waals surface area contributed by atoms with Crippen LogP contribution in [0.5, 0.6) is 0 Å². The summed E-state index contributed by atoms with van der Waals surface area (Å²) in [4.78, 5) is 0.262. The van der Waals surface area contributed by atoms with E-state index in [1.54, 1.807) is 38.1 Å². The van der Waals surface area contributed by atoms with Gasteiger partial charge in [-0.2, -0.15) is 0 Å². The van der Waals surface area contributed by atoms with Crippen molar-refractivity contribution in [2.45, 2.75) is 37.5 Å². The standard InChI is InChI=1S/C18H24N2O4S3/c1-5-19(26(21,22)17-11-7-15(3)8-12-17)25-20(6-2)27(23,24)18-13-9-16(4)10-14-18/h7-14H,5-6H2,1-4H3. The summed E-state index contributed by atoms with van der Waals surface area (Å²) in [5, 5.41) is 0. The highest BCUT2D eigenvalue weighted by molar-refractivity contribution is 8.13. The third kappa shape index (κ3) is 4.91. The van der Waals surface area contributed by atoms with E-state index in [2.05, 4.69) is 0 Å². The first-order valence-corrected chi connectivity index (χ1v) is 12.1. The molecule has 0 heterocycles. The van der Waals surface area contributed by atoms with Crippen molar-refractivity contribution in [3.63, 3.8) is 0 Å². The minimum absolute atomic E-state index is 0.126. The minimum Gasteiger partial charge on any atom is -0.206 e.